The summed E-state index contributed by atoms with van der Waals surface area (Å²) in [7, 11) is -4.41. The van der Waals surface area contributed by atoms with Crippen LogP contribution in [-0.4, -0.2) is 70.8 Å². The number of fused-ring (bicyclic) bond motifs is 1. The third kappa shape index (κ3) is 5.47. The van der Waals surface area contributed by atoms with E-state index < -0.39 is 50.3 Å². The highest BCUT2D eigenvalue weighted by Gasteiger charge is 2.44. The van der Waals surface area contributed by atoms with E-state index in [4.69, 9.17) is 19.3 Å². The lowest BCUT2D eigenvalue weighted by Crippen LogP contribution is -2.33. The molecule has 5 N–H and O–H groups in total. The van der Waals surface area contributed by atoms with Crippen LogP contribution in [0, 0.1) is 17.1 Å². The SMILES string of the molecule is CC(Nc1nc(C#N)nc2c1ccn2[C@@H]1O[C@H](COCP(=O)(O)O)[C@@H](O)[C@H]1O)c1ccc(F)cn1. The molecule has 186 valence electrons. The first-order valence-electron chi connectivity index (χ1n) is 10.4. The third-order valence-electron chi connectivity index (χ3n) is 5.37. The second-order valence-electron chi connectivity index (χ2n) is 7.95. The Balaban J connectivity index is 1.60. The molecule has 1 aliphatic rings. The molecule has 0 bridgehead atoms. The first-order chi connectivity index (χ1) is 16.6. The number of nitrogens with zero attached hydrogens (tertiary/aromatic N) is 5. The van der Waals surface area contributed by atoms with Gasteiger partial charge in [-0.15, -0.1) is 0 Å². The molecular weight excluding hydrogens is 486 g/mol. The lowest BCUT2D eigenvalue weighted by Gasteiger charge is -2.18. The molecule has 0 spiro atoms. The Labute approximate surface area is 198 Å². The molecule has 0 amide bonds. The number of rotatable bonds is 8. The first kappa shape index (κ1) is 25.1. The molecule has 1 fully saturated rings. The number of aliphatic hydroxyl groups excluding tert-OH is 2. The Kier molecular flexibility index (Phi) is 7.11. The van der Waals surface area contributed by atoms with Crippen molar-refractivity contribution in [1.29, 1.82) is 5.26 Å². The fourth-order valence-corrected chi connectivity index (χ4v) is 4.05. The molecule has 13 nitrogen and oxygen atoms in total. The zero-order chi connectivity index (χ0) is 25.3. The maximum atomic E-state index is 13.2. The quantitative estimate of drug-likeness (QED) is 0.269. The van der Waals surface area contributed by atoms with E-state index in [1.54, 1.807) is 13.0 Å². The number of ether oxygens (including phenoxy) is 2. The fraction of sp³-hybridized carbons (Fsp3) is 0.400. The number of hydrogen-bond donors (Lipinski definition) is 5. The highest BCUT2D eigenvalue weighted by atomic mass is 31.2. The van der Waals surface area contributed by atoms with Crippen molar-refractivity contribution in [3.8, 4) is 6.07 Å². The number of aliphatic hydroxyl groups is 2. The van der Waals surface area contributed by atoms with Gasteiger partial charge in [-0.2, -0.15) is 5.26 Å². The summed E-state index contributed by atoms with van der Waals surface area (Å²) in [4.78, 5) is 30.3. The maximum absolute atomic E-state index is 13.2. The van der Waals surface area contributed by atoms with E-state index in [2.05, 4.69) is 20.3 Å². The van der Waals surface area contributed by atoms with Crippen LogP contribution in [-0.2, 0) is 14.0 Å². The molecule has 4 heterocycles. The van der Waals surface area contributed by atoms with Gasteiger partial charge in [0.1, 0.15) is 48.0 Å². The molecule has 5 atom stereocenters. The van der Waals surface area contributed by atoms with E-state index in [1.165, 1.54) is 22.9 Å². The minimum atomic E-state index is -4.41. The van der Waals surface area contributed by atoms with Gasteiger partial charge in [0.05, 0.1) is 29.9 Å². The fourth-order valence-electron chi connectivity index (χ4n) is 3.71. The number of nitriles is 1. The van der Waals surface area contributed by atoms with Crippen LogP contribution in [0.15, 0.2) is 30.6 Å². The first-order valence-corrected chi connectivity index (χ1v) is 12.2. The lowest BCUT2D eigenvalue weighted by molar-refractivity contribution is -0.0610. The lowest BCUT2D eigenvalue weighted by atomic mass is 10.1. The summed E-state index contributed by atoms with van der Waals surface area (Å²) >= 11 is 0. The Morgan fingerprint density at radius 1 is 1.31 bits per heavy atom. The van der Waals surface area contributed by atoms with Crippen molar-refractivity contribution < 1.29 is 38.4 Å². The normalized spacial score (nSPS) is 23.3. The zero-order valence-electron chi connectivity index (χ0n) is 18.3. The predicted molar refractivity (Wildman–Crippen MR) is 117 cm³/mol. The molecule has 0 aromatic carbocycles. The van der Waals surface area contributed by atoms with Gasteiger partial charge in [0.2, 0.25) is 5.82 Å². The summed E-state index contributed by atoms with van der Waals surface area (Å²) in [5, 5.41) is 33.9. The van der Waals surface area contributed by atoms with Crippen molar-refractivity contribution in [1.82, 2.24) is 19.5 Å². The van der Waals surface area contributed by atoms with E-state index in [1.807, 2.05) is 6.07 Å². The van der Waals surface area contributed by atoms with Crippen molar-refractivity contribution in [3.63, 3.8) is 0 Å². The third-order valence-corrected chi connectivity index (χ3v) is 5.89. The molecule has 1 unspecified atom stereocenters. The predicted octanol–water partition coefficient (Wildman–Crippen LogP) is 0.781. The number of aromatic nitrogens is 4. The molecule has 4 rings (SSSR count). The summed E-state index contributed by atoms with van der Waals surface area (Å²) < 4.78 is 36.2. The van der Waals surface area contributed by atoms with Crippen molar-refractivity contribution in [2.45, 2.75) is 37.5 Å². The van der Waals surface area contributed by atoms with Crippen LogP contribution in [0.2, 0.25) is 0 Å². The Hall–Kier alpha value is -3.02. The van der Waals surface area contributed by atoms with E-state index in [0.29, 0.717) is 16.9 Å². The average Bonchev–Trinajstić information content (AvgIpc) is 3.35. The zero-order valence-corrected chi connectivity index (χ0v) is 19.2. The van der Waals surface area contributed by atoms with Gasteiger partial charge in [-0.1, -0.05) is 0 Å². The number of anilines is 1. The number of pyridine rings is 1. The van der Waals surface area contributed by atoms with Crippen molar-refractivity contribution in [2.75, 3.05) is 18.3 Å². The molecule has 15 heteroatoms. The Morgan fingerprint density at radius 3 is 2.74 bits per heavy atom. The van der Waals surface area contributed by atoms with Crippen LogP contribution in [0.5, 0.6) is 0 Å². The molecule has 3 aromatic rings. The minimum Gasteiger partial charge on any atom is -0.387 e. The molecule has 0 radical (unpaired) electrons. The van der Waals surface area contributed by atoms with Gasteiger partial charge >= 0.3 is 7.60 Å². The molecule has 3 aromatic heterocycles. The summed E-state index contributed by atoms with van der Waals surface area (Å²) in [5.41, 5.74) is 0.762. The number of halogens is 1. The molecule has 35 heavy (non-hydrogen) atoms. The molecule has 0 aliphatic carbocycles. The van der Waals surface area contributed by atoms with Gasteiger partial charge in [0.25, 0.3) is 0 Å². The van der Waals surface area contributed by atoms with Crippen molar-refractivity contribution in [3.05, 3.63) is 47.9 Å². The highest BCUT2D eigenvalue weighted by molar-refractivity contribution is 7.51. The minimum absolute atomic E-state index is 0.172. The van der Waals surface area contributed by atoms with Gasteiger partial charge < -0.3 is 39.4 Å². The average molecular weight is 508 g/mol. The smallest absolute Gasteiger partial charge is 0.350 e. The van der Waals surface area contributed by atoms with Crippen LogP contribution in [0.25, 0.3) is 11.0 Å². The molecule has 1 aliphatic heterocycles. The second kappa shape index (κ2) is 9.92. The van der Waals surface area contributed by atoms with Crippen LogP contribution >= 0.6 is 7.60 Å². The molecule has 1 saturated heterocycles. The maximum Gasteiger partial charge on any atom is 0.350 e. The van der Waals surface area contributed by atoms with Crippen LogP contribution in [0.4, 0.5) is 10.2 Å². The summed E-state index contributed by atoms with van der Waals surface area (Å²) in [5.74, 6) is -0.357. The topological polar surface area (TPSA) is 196 Å². The van der Waals surface area contributed by atoms with Gasteiger partial charge in [0.15, 0.2) is 6.23 Å². The van der Waals surface area contributed by atoms with Crippen LogP contribution in [0.3, 0.4) is 0 Å². The van der Waals surface area contributed by atoms with Crippen molar-refractivity contribution in [2.24, 2.45) is 0 Å². The van der Waals surface area contributed by atoms with Gasteiger partial charge in [0, 0.05) is 6.20 Å². The van der Waals surface area contributed by atoms with Crippen LogP contribution < -0.4 is 5.32 Å². The van der Waals surface area contributed by atoms with E-state index in [9.17, 15) is 24.4 Å². The monoisotopic (exact) mass is 508 g/mol. The van der Waals surface area contributed by atoms with Gasteiger partial charge in [-0.25, -0.2) is 14.4 Å². The summed E-state index contributed by atoms with van der Waals surface area (Å²) in [6.07, 6.45) is -3.27. The van der Waals surface area contributed by atoms with E-state index in [-0.39, 0.29) is 18.1 Å². The number of nitrogens with one attached hydrogen (secondary N) is 1. The summed E-state index contributed by atoms with van der Waals surface area (Å²) in [6.45, 7) is 1.41. The Morgan fingerprint density at radius 2 is 2.09 bits per heavy atom. The van der Waals surface area contributed by atoms with E-state index in [0.717, 1.165) is 6.20 Å². The highest BCUT2D eigenvalue weighted by Crippen LogP contribution is 2.36. The largest absolute Gasteiger partial charge is 0.387 e. The number of hydrogen-bond acceptors (Lipinski definition) is 10. The Bertz CT molecular complexity index is 1290. The standard InChI is InChI=1S/C20H22FN6O7P/c1-10(13-3-2-11(21)7-23-13)24-18-12-4-5-27(19(12)26-15(6-22)25-18)20-17(29)16(28)14(34-20)8-33-9-35(30,31)32/h2-5,7,10,14,16-17,20,28-29H,8-9H2,1H3,(H,24,25,26)(H2,30,31,32)/t10?,14-,16-,17-,20-/m1/s1. The molecule has 0 saturated carbocycles. The van der Waals surface area contributed by atoms with Gasteiger partial charge in [-0.05, 0) is 25.1 Å². The summed E-state index contributed by atoms with van der Waals surface area (Å²) in [6, 6.07) is 5.88. The second-order valence-corrected chi connectivity index (χ2v) is 9.53. The van der Waals surface area contributed by atoms with Crippen LogP contribution in [0.1, 0.15) is 30.7 Å². The molecular formula is C20H22FN6O7P. The van der Waals surface area contributed by atoms with Gasteiger partial charge in [-0.3, -0.25) is 9.55 Å². The van der Waals surface area contributed by atoms with Crippen molar-refractivity contribution >= 4 is 24.4 Å². The van der Waals surface area contributed by atoms with E-state index >= 15 is 0 Å².